The monoisotopic (exact) mass is 265 g/mol. The molecule has 1 fully saturated rings. The molecule has 0 amide bonds. The van der Waals surface area contributed by atoms with Crippen LogP contribution in [0.4, 0.5) is 0 Å². The van der Waals surface area contributed by atoms with Gasteiger partial charge in [0.25, 0.3) is 0 Å². The number of β-amino-alcohol motifs (C(OH)–C–C–N with tert-alkyl or cyclic N) is 2. The highest BCUT2D eigenvalue weighted by Gasteiger charge is 2.20. The van der Waals surface area contributed by atoms with Crippen LogP contribution in [0.5, 0.6) is 5.75 Å². The van der Waals surface area contributed by atoms with Gasteiger partial charge in [-0.3, -0.25) is 4.90 Å². The number of hydrogen-bond donors (Lipinski definition) is 2. The second kappa shape index (κ2) is 6.89. The highest BCUT2D eigenvalue weighted by molar-refractivity contribution is 5.31. The van der Waals surface area contributed by atoms with E-state index in [1.54, 1.807) is 0 Å². The maximum atomic E-state index is 9.99. The van der Waals surface area contributed by atoms with Crippen molar-refractivity contribution >= 4 is 0 Å². The van der Waals surface area contributed by atoms with Gasteiger partial charge in [0.05, 0.1) is 6.10 Å². The highest BCUT2D eigenvalue weighted by Crippen LogP contribution is 2.16. The van der Waals surface area contributed by atoms with Crippen molar-refractivity contribution in [3.8, 4) is 5.75 Å². The van der Waals surface area contributed by atoms with E-state index in [2.05, 4.69) is 4.90 Å². The summed E-state index contributed by atoms with van der Waals surface area (Å²) in [6, 6.07) is 7.79. The number of hydrogen-bond acceptors (Lipinski definition) is 4. The normalized spacial score (nSPS) is 22.2. The summed E-state index contributed by atoms with van der Waals surface area (Å²) in [7, 11) is 0. The lowest BCUT2D eigenvalue weighted by molar-refractivity contribution is 0.0242. The Kier molecular flexibility index (Phi) is 5.19. The molecule has 0 saturated carbocycles. The molecule has 2 atom stereocenters. The maximum Gasteiger partial charge on any atom is 0.122 e. The molecule has 0 unspecified atom stereocenters. The fourth-order valence-electron chi connectivity index (χ4n) is 2.45. The molecule has 1 aromatic carbocycles. The quantitative estimate of drug-likeness (QED) is 0.840. The summed E-state index contributed by atoms with van der Waals surface area (Å²) in [5.74, 6) is 0.820. The second-order valence-electron chi connectivity index (χ2n) is 5.29. The first kappa shape index (κ1) is 14.3. The molecule has 4 nitrogen and oxygen atoms in total. The van der Waals surface area contributed by atoms with Gasteiger partial charge in [0, 0.05) is 13.1 Å². The van der Waals surface area contributed by atoms with Crippen molar-refractivity contribution in [1.82, 2.24) is 4.90 Å². The molecule has 2 rings (SSSR count). The lowest BCUT2D eigenvalue weighted by atomic mass is 10.1. The fourth-order valence-corrected chi connectivity index (χ4v) is 2.45. The molecule has 4 heteroatoms. The molecular formula is C15H23NO3. The van der Waals surface area contributed by atoms with Gasteiger partial charge in [-0.2, -0.15) is 0 Å². The van der Waals surface area contributed by atoms with Crippen LogP contribution < -0.4 is 4.74 Å². The third-order valence-electron chi connectivity index (χ3n) is 3.47. The van der Waals surface area contributed by atoms with E-state index in [4.69, 9.17) is 4.74 Å². The molecule has 1 saturated heterocycles. The number of ether oxygens (including phenoxy) is 1. The topological polar surface area (TPSA) is 52.9 Å². The molecular weight excluding hydrogens is 242 g/mol. The predicted molar refractivity (Wildman–Crippen MR) is 74.4 cm³/mol. The van der Waals surface area contributed by atoms with Crippen LogP contribution in [0.2, 0.25) is 0 Å². The molecule has 1 heterocycles. The Labute approximate surface area is 114 Å². The number of para-hydroxylation sites is 1. The minimum atomic E-state index is -0.523. The molecule has 0 aromatic heterocycles. The average molecular weight is 265 g/mol. The lowest BCUT2D eigenvalue weighted by Crippen LogP contribution is -2.43. The number of benzene rings is 1. The standard InChI is InChI=1S/C15H23NO3/c1-12-5-2-3-7-15(12)19-11-14(18)10-16-8-4-6-13(17)9-16/h2-3,5,7,13-14,17-18H,4,6,8-11H2,1H3/t13-,14+/m0/s1. The summed E-state index contributed by atoms with van der Waals surface area (Å²) >= 11 is 0. The minimum Gasteiger partial charge on any atom is -0.491 e. The highest BCUT2D eigenvalue weighted by atomic mass is 16.5. The molecule has 0 aliphatic carbocycles. The molecule has 0 radical (unpaired) electrons. The number of nitrogens with zero attached hydrogens (tertiary/aromatic N) is 1. The summed E-state index contributed by atoms with van der Waals surface area (Å²) < 4.78 is 5.63. The Morgan fingerprint density at radius 3 is 2.95 bits per heavy atom. The summed E-state index contributed by atoms with van der Waals surface area (Å²) in [6.45, 7) is 4.43. The molecule has 2 N–H and O–H groups in total. The smallest absolute Gasteiger partial charge is 0.122 e. The van der Waals surface area contributed by atoms with E-state index in [0.29, 0.717) is 13.1 Å². The van der Waals surface area contributed by atoms with Crippen LogP contribution >= 0.6 is 0 Å². The van der Waals surface area contributed by atoms with E-state index in [0.717, 1.165) is 30.7 Å². The van der Waals surface area contributed by atoms with Crippen LogP contribution in [0, 0.1) is 6.92 Å². The Bertz CT molecular complexity index is 397. The van der Waals surface area contributed by atoms with Gasteiger partial charge in [-0.1, -0.05) is 18.2 Å². The average Bonchev–Trinajstić information content (AvgIpc) is 2.38. The molecule has 1 aromatic rings. The predicted octanol–water partition coefficient (Wildman–Crippen LogP) is 1.19. The fraction of sp³-hybridized carbons (Fsp3) is 0.600. The van der Waals surface area contributed by atoms with Crippen LogP contribution in [-0.2, 0) is 0 Å². The third-order valence-corrected chi connectivity index (χ3v) is 3.47. The number of aryl methyl sites for hydroxylation is 1. The van der Waals surface area contributed by atoms with Gasteiger partial charge < -0.3 is 14.9 Å². The number of piperidine rings is 1. The van der Waals surface area contributed by atoms with Crippen molar-refractivity contribution < 1.29 is 14.9 Å². The Morgan fingerprint density at radius 1 is 1.42 bits per heavy atom. The first-order valence-electron chi connectivity index (χ1n) is 6.92. The van der Waals surface area contributed by atoms with Gasteiger partial charge in [0.15, 0.2) is 0 Å². The Balaban J connectivity index is 1.75. The number of rotatable bonds is 5. The molecule has 1 aliphatic rings. The maximum absolute atomic E-state index is 9.99. The van der Waals surface area contributed by atoms with Crippen molar-refractivity contribution in [2.45, 2.75) is 32.0 Å². The number of likely N-dealkylation sites (tertiary alicyclic amines) is 1. The van der Waals surface area contributed by atoms with Crippen LogP contribution in [-0.4, -0.2) is 53.6 Å². The Hall–Kier alpha value is -1.10. The van der Waals surface area contributed by atoms with Gasteiger partial charge in [-0.05, 0) is 37.9 Å². The lowest BCUT2D eigenvalue weighted by Gasteiger charge is -2.31. The molecule has 106 valence electrons. The summed E-state index contributed by atoms with van der Waals surface area (Å²) in [5, 5.41) is 19.6. The second-order valence-corrected chi connectivity index (χ2v) is 5.29. The number of aliphatic hydroxyl groups excluding tert-OH is 2. The van der Waals surface area contributed by atoms with E-state index < -0.39 is 6.10 Å². The van der Waals surface area contributed by atoms with E-state index in [1.807, 2.05) is 31.2 Å². The minimum absolute atomic E-state index is 0.252. The van der Waals surface area contributed by atoms with Gasteiger partial charge >= 0.3 is 0 Å². The van der Waals surface area contributed by atoms with Crippen molar-refractivity contribution in [2.24, 2.45) is 0 Å². The van der Waals surface area contributed by atoms with Gasteiger partial charge in [-0.25, -0.2) is 0 Å². The zero-order valence-corrected chi connectivity index (χ0v) is 11.5. The largest absolute Gasteiger partial charge is 0.491 e. The number of aliphatic hydroxyl groups is 2. The first-order valence-corrected chi connectivity index (χ1v) is 6.92. The van der Waals surface area contributed by atoms with Crippen LogP contribution in [0.1, 0.15) is 18.4 Å². The van der Waals surface area contributed by atoms with Crippen LogP contribution in [0.25, 0.3) is 0 Å². The van der Waals surface area contributed by atoms with E-state index in [-0.39, 0.29) is 12.7 Å². The van der Waals surface area contributed by atoms with Crippen molar-refractivity contribution in [1.29, 1.82) is 0 Å². The van der Waals surface area contributed by atoms with Crippen molar-refractivity contribution in [3.63, 3.8) is 0 Å². The molecule has 0 bridgehead atoms. The van der Waals surface area contributed by atoms with Crippen LogP contribution in [0.3, 0.4) is 0 Å². The Morgan fingerprint density at radius 2 is 2.21 bits per heavy atom. The zero-order chi connectivity index (χ0) is 13.7. The molecule has 1 aliphatic heterocycles. The third kappa shape index (κ3) is 4.49. The van der Waals surface area contributed by atoms with Gasteiger partial charge in [0.1, 0.15) is 18.5 Å². The van der Waals surface area contributed by atoms with Gasteiger partial charge in [-0.15, -0.1) is 0 Å². The summed E-state index contributed by atoms with van der Waals surface area (Å²) in [5.41, 5.74) is 1.07. The molecule has 19 heavy (non-hydrogen) atoms. The summed E-state index contributed by atoms with van der Waals surface area (Å²) in [6.07, 6.45) is 1.09. The van der Waals surface area contributed by atoms with E-state index in [1.165, 1.54) is 0 Å². The SMILES string of the molecule is Cc1ccccc1OC[C@H](O)CN1CCC[C@H](O)C1. The first-order chi connectivity index (χ1) is 9.15. The van der Waals surface area contributed by atoms with Crippen molar-refractivity contribution in [2.75, 3.05) is 26.2 Å². The van der Waals surface area contributed by atoms with E-state index >= 15 is 0 Å². The van der Waals surface area contributed by atoms with Crippen molar-refractivity contribution in [3.05, 3.63) is 29.8 Å². The molecule has 0 spiro atoms. The zero-order valence-electron chi connectivity index (χ0n) is 11.5. The summed E-state index contributed by atoms with van der Waals surface area (Å²) in [4.78, 5) is 2.10. The van der Waals surface area contributed by atoms with Crippen LogP contribution in [0.15, 0.2) is 24.3 Å². The van der Waals surface area contributed by atoms with E-state index in [9.17, 15) is 10.2 Å². The van der Waals surface area contributed by atoms with Gasteiger partial charge in [0.2, 0.25) is 0 Å².